The Hall–Kier alpha value is -0.650. The Morgan fingerprint density at radius 1 is 1.11 bits per heavy atom. The zero-order valence-corrected chi connectivity index (χ0v) is 12.0. The molecule has 0 saturated carbocycles. The predicted molar refractivity (Wildman–Crippen MR) is 70.6 cm³/mol. The van der Waals surface area contributed by atoms with Gasteiger partial charge in [0.2, 0.25) is 0 Å². The first kappa shape index (κ1) is 17.4. The lowest BCUT2D eigenvalue weighted by molar-refractivity contribution is -0.147. The highest BCUT2D eigenvalue weighted by molar-refractivity contribution is 5.75. The molecular weight excluding hydrogens is 234 g/mol. The van der Waals surface area contributed by atoms with E-state index in [1.165, 1.54) is 0 Å². The minimum Gasteiger partial charge on any atom is -0.465 e. The van der Waals surface area contributed by atoms with Gasteiger partial charge in [-0.2, -0.15) is 0 Å². The molecule has 0 fully saturated rings. The summed E-state index contributed by atoms with van der Waals surface area (Å²) in [6, 6.07) is -0.389. The molecule has 1 N–H and O–H groups in total. The van der Waals surface area contributed by atoms with E-state index in [0.717, 1.165) is 6.61 Å². The summed E-state index contributed by atoms with van der Waals surface area (Å²) in [5, 5.41) is 3.04. The van der Waals surface area contributed by atoms with E-state index in [2.05, 4.69) is 19.2 Å². The van der Waals surface area contributed by atoms with Crippen molar-refractivity contribution in [2.24, 2.45) is 5.92 Å². The zero-order valence-electron chi connectivity index (χ0n) is 12.0. The van der Waals surface area contributed by atoms with E-state index >= 15 is 0 Å². The van der Waals surface area contributed by atoms with Crippen LogP contribution in [0.3, 0.4) is 0 Å². The summed E-state index contributed by atoms with van der Waals surface area (Å²) in [5.74, 6) is 0.265. The molecule has 0 radical (unpaired) electrons. The van der Waals surface area contributed by atoms with Crippen molar-refractivity contribution in [2.75, 3.05) is 39.6 Å². The third-order valence-corrected chi connectivity index (χ3v) is 2.13. The van der Waals surface area contributed by atoms with Crippen molar-refractivity contribution in [1.82, 2.24) is 5.32 Å². The molecule has 108 valence electrons. The van der Waals surface area contributed by atoms with E-state index in [1.54, 1.807) is 6.92 Å². The molecule has 0 spiro atoms. The van der Waals surface area contributed by atoms with Crippen molar-refractivity contribution >= 4 is 5.97 Å². The van der Waals surface area contributed by atoms with Crippen LogP contribution in [0.2, 0.25) is 0 Å². The first-order valence-corrected chi connectivity index (χ1v) is 6.67. The molecule has 1 unspecified atom stereocenters. The molecule has 0 aliphatic rings. The number of esters is 1. The molecule has 18 heavy (non-hydrogen) atoms. The highest BCUT2D eigenvalue weighted by atomic mass is 16.5. The summed E-state index contributed by atoms with van der Waals surface area (Å²) < 4.78 is 15.7. The fourth-order valence-electron chi connectivity index (χ4n) is 1.34. The maximum absolute atomic E-state index is 11.5. The second-order valence-corrected chi connectivity index (χ2v) is 4.41. The normalized spacial score (nSPS) is 12.7. The maximum Gasteiger partial charge on any atom is 0.325 e. The van der Waals surface area contributed by atoms with Gasteiger partial charge in [-0.1, -0.05) is 20.8 Å². The second-order valence-electron chi connectivity index (χ2n) is 4.41. The Kier molecular flexibility index (Phi) is 11.0. The van der Waals surface area contributed by atoms with E-state index in [-0.39, 0.29) is 12.0 Å². The molecule has 1 atom stereocenters. The van der Waals surface area contributed by atoms with E-state index in [9.17, 15) is 4.79 Å². The average Bonchev–Trinajstić information content (AvgIpc) is 2.32. The standard InChI is InChI=1S/C13H27NO4/c1-5-14-12(13(15)18-6-2)10-17-8-7-16-9-11(3)4/h11-12,14H,5-10H2,1-4H3. The summed E-state index contributed by atoms with van der Waals surface area (Å²) in [7, 11) is 0. The van der Waals surface area contributed by atoms with Crippen LogP contribution >= 0.6 is 0 Å². The Labute approximate surface area is 110 Å². The van der Waals surface area contributed by atoms with Crippen molar-refractivity contribution in [2.45, 2.75) is 33.7 Å². The van der Waals surface area contributed by atoms with Gasteiger partial charge < -0.3 is 19.5 Å². The van der Waals surface area contributed by atoms with Crippen molar-refractivity contribution in [3.8, 4) is 0 Å². The van der Waals surface area contributed by atoms with Gasteiger partial charge in [0, 0.05) is 6.61 Å². The van der Waals surface area contributed by atoms with Gasteiger partial charge >= 0.3 is 5.97 Å². The third kappa shape index (κ3) is 9.39. The number of hydrogen-bond donors (Lipinski definition) is 1. The van der Waals surface area contributed by atoms with E-state index < -0.39 is 0 Å². The molecule has 0 aliphatic heterocycles. The summed E-state index contributed by atoms with van der Waals surface area (Å²) in [5.41, 5.74) is 0. The maximum atomic E-state index is 11.5. The molecule has 0 aromatic heterocycles. The number of rotatable bonds is 11. The first-order chi connectivity index (χ1) is 8.61. The van der Waals surface area contributed by atoms with Crippen molar-refractivity contribution < 1.29 is 19.0 Å². The molecule has 0 aromatic rings. The second kappa shape index (κ2) is 11.4. The molecule has 0 saturated heterocycles. The van der Waals surface area contributed by atoms with Gasteiger partial charge in [-0.3, -0.25) is 4.79 Å². The SMILES string of the molecule is CCNC(COCCOCC(C)C)C(=O)OCC. The van der Waals surface area contributed by atoms with Gasteiger partial charge in [0.05, 0.1) is 26.4 Å². The van der Waals surface area contributed by atoms with Crippen molar-refractivity contribution in [3.05, 3.63) is 0 Å². The van der Waals surface area contributed by atoms with Gasteiger partial charge in [0.1, 0.15) is 6.04 Å². The summed E-state index contributed by atoms with van der Waals surface area (Å²) in [6.45, 7) is 11.1. The largest absolute Gasteiger partial charge is 0.465 e. The lowest BCUT2D eigenvalue weighted by atomic mass is 10.2. The monoisotopic (exact) mass is 261 g/mol. The van der Waals surface area contributed by atoms with Crippen LogP contribution in [0, 0.1) is 5.92 Å². The topological polar surface area (TPSA) is 56.8 Å². The fourth-order valence-corrected chi connectivity index (χ4v) is 1.34. The smallest absolute Gasteiger partial charge is 0.325 e. The Morgan fingerprint density at radius 2 is 1.72 bits per heavy atom. The average molecular weight is 261 g/mol. The van der Waals surface area contributed by atoms with Crippen LogP contribution in [0.5, 0.6) is 0 Å². The Morgan fingerprint density at radius 3 is 2.22 bits per heavy atom. The van der Waals surface area contributed by atoms with E-state index in [0.29, 0.717) is 38.9 Å². The zero-order chi connectivity index (χ0) is 13.8. The van der Waals surface area contributed by atoms with Crippen molar-refractivity contribution in [1.29, 1.82) is 0 Å². The Balaban J connectivity index is 3.66. The Bertz CT molecular complexity index is 209. The lowest BCUT2D eigenvalue weighted by Gasteiger charge is -2.16. The van der Waals surface area contributed by atoms with Crippen LogP contribution in [-0.4, -0.2) is 51.6 Å². The number of ether oxygens (including phenoxy) is 3. The molecule has 0 heterocycles. The van der Waals surface area contributed by atoms with Gasteiger partial charge in [-0.15, -0.1) is 0 Å². The van der Waals surface area contributed by atoms with Gasteiger partial charge in [-0.25, -0.2) is 0 Å². The molecular formula is C13H27NO4. The number of nitrogens with one attached hydrogen (secondary N) is 1. The molecule has 0 amide bonds. The van der Waals surface area contributed by atoms with Gasteiger partial charge in [-0.05, 0) is 19.4 Å². The van der Waals surface area contributed by atoms with Crippen LogP contribution in [-0.2, 0) is 19.0 Å². The lowest BCUT2D eigenvalue weighted by Crippen LogP contribution is -2.42. The molecule has 5 heteroatoms. The number of carbonyl (C=O) groups excluding carboxylic acids is 1. The van der Waals surface area contributed by atoms with Crippen LogP contribution in [0.15, 0.2) is 0 Å². The van der Waals surface area contributed by atoms with Crippen LogP contribution in [0.4, 0.5) is 0 Å². The first-order valence-electron chi connectivity index (χ1n) is 6.67. The molecule has 0 rings (SSSR count). The van der Waals surface area contributed by atoms with E-state index in [4.69, 9.17) is 14.2 Å². The number of carbonyl (C=O) groups is 1. The van der Waals surface area contributed by atoms with Crippen LogP contribution in [0.25, 0.3) is 0 Å². The quantitative estimate of drug-likeness (QED) is 0.447. The summed E-state index contributed by atoms with van der Waals surface area (Å²) in [4.78, 5) is 11.5. The minimum absolute atomic E-state index is 0.262. The summed E-state index contributed by atoms with van der Waals surface area (Å²) >= 11 is 0. The number of hydrogen-bond acceptors (Lipinski definition) is 5. The molecule has 0 bridgehead atoms. The van der Waals surface area contributed by atoms with E-state index in [1.807, 2.05) is 6.92 Å². The molecule has 0 aromatic carbocycles. The minimum atomic E-state index is -0.389. The highest BCUT2D eigenvalue weighted by Crippen LogP contribution is 1.94. The van der Waals surface area contributed by atoms with Crippen LogP contribution in [0.1, 0.15) is 27.7 Å². The highest BCUT2D eigenvalue weighted by Gasteiger charge is 2.18. The predicted octanol–water partition coefficient (Wildman–Crippen LogP) is 1.22. The fraction of sp³-hybridized carbons (Fsp3) is 0.923. The molecule has 5 nitrogen and oxygen atoms in total. The van der Waals surface area contributed by atoms with Crippen molar-refractivity contribution in [3.63, 3.8) is 0 Å². The summed E-state index contributed by atoms with van der Waals surface area (Å²) in [6.07, 6.45) is 0. The van der Waals surface area contributed by atoms with Gasteiger partial charge in [0.25, 0.3) is 0 Å². The van der Waals surface area contributed by atoms with Gasteiger partial charge in [0.15, 0.2) is 0 Å². The molecule has 0 aliphatic carbocycles. The number of likely N-dealkylation sites (N-methyl/N-ethyl adjacent to an activating group) is 1. The third-order valence-electron chi connectivity index (χ3n) is 2.13. The van der Waals surface area contributed by atoms with Crippen LogP contribution < -0.4 is 5.32 Å².